The molecule has 2 heterocycles. The van der Waals surface area contributed by atoms with Crippen molar-refractivity contribution in [1.82, 2.24) is 9.80 Å². The number of piperazine rings is 1. The van der Waals surface area contributed by atoms with Gasteiger partial charge >= 0.3 is 0 Å². The van der Waals surface area contributed by atoms with Gasteiger partial charge in [0.25, 0.3) is 0 Å². The highest BCUT2D eigenvalue weighted by atomic mass is 16.5. The average molecular weight is 255 g/mol. The highest BCUT2D eigenvalue weighted by Gasteiger charge is 2.36. The van der Waals surface area contributed by atoms with Crippen molar-refractivity contribution in [1.29, 1.82) is 0 Å². The molecule has 2 fully saturated rings. The summed E-state index contributed by atoms with van der Waals surface area (Å²) in [7, 11) is 2.23. The van der Waals surface area contributed by atoms with Gasteiger partial charge in [0.05, 0.1) is 6.61 Å². The van der Waals surface area contributed by atoms with Gasteiger partial charge in [-0.3, -0.25) is 9.80 Å². The molecule has 18 heavy (non-hydrogen) atoms. The number of ether oxygens (including phenoxy) is 1. The first kappa shape index (κ1) is 14.3. The summed E-state index contributed by atoms with van der Waals surface area (Å²) in [5, 5.41) is 0. The minimum absolute atomic E-state index is 0.202. The first-order valence-corrected chi connectivity index (χ1v) is 7.28. The van der Waals surface area contributed by atoms with E-state index in [-0.39, 0.29) is 5.41 Å². The van der Waals surface area contributed by atoms with Crippen LogP contribution in [0, 0.1) is 5.41 Å². The number of likely N-dealkylation sites (N-methyl/N-ethyl adjacent to an activating group) is 1. The molecule has 4 heteroatoms. The first-order chi connectivity index (χ1) is 8.56. The monoisotopic (exact) mass is 255 g/mol. The summed E-state index contributed by atoms with van der Waals surface area (Å²) in [6.07, 6.45) is 2.38. The van der Waals surface area contributed by atoms with Gasteiger partial charge in [0.1, 0.15) is 0 Å². The van der Waals surface area contributed by atoms with Gasteiger partial charge in [0.2, 0.25) is 0 Å². The second-order valence-corrected chi connectivity index (χ2v) is 6.42. The van der Waals surface area contributed by atoms with E-state index < -0.39 is 0 Å². The van der Waals surface area contributed by atoms with Crippen LogP contribution in [0.3, 0.4) is 0 Å². The number of hydrogen-bond donors (Lipinski definition) is 1. The molecule has 106 valence electrons. The Hall–Kier alpha value is -0.160. The number of rotatable bonds is 3. The van der Waals surface area contributed by atoms with Crippen molar-refractivity contribution in [2.24, 2.45) is 11.1 Å². The number of hydrogen-bond acceptors (Lipinski definition) is 4. The Morgan fingerprint density at radius 2 is 1.94 bits per heavy atom. The van der Waals surface area contributed by atoms with Crippen LogP contribution in [-0.4, -0.2) is 68.3 Å². The minimum atomic E-state index is 0.202. The summed E-state index contributed by atoms with van der Waals surface area (Å²) in [4.78, 5) is 5.07. The van der Waals surface area contributed by atoms with Gasteiger partial charge in [-0.05, 0) is 33.7 Å². The quantitative estimate of drug-likeness (QED) is 0.809. The topological polar surface area (TPSA) is 41.7 Å². The van der Waals surface area contributed by atoms with Gasteiger partial charge in [-0.15, -0.1) is 0 Å². The SMILES string of the molecule is CC1CN(CC2(CN)CCCOC2)CC(C)N1C. The average Bonchev–Trinajstić information content (AvgIpc) is 2.37. The van der Waals surface area contributed by atoms with Gasteiger partial charge in [0, 0.05) is 50.3 Å². The van der Waals surface area contributed by atoms with E-state index in [1.54, 1.807) is 0 Å². The Balaban J connectivity index is 1.95. The van der Waals surface area contributed by atoms with Crippen LogP contribution in [-0.2, 0) is 4.74 Å². The molecule has 4 nitrogen and oxygen atoms in total. The fraction of sp³-hybridized carbons (Fsp3) is 1.00. The third-order valence-electron chi connectivity index (χ3n) is 4.83. The molecule has 2 saturated heterocycles. The lowest BCUT2D eigenvalue weighted by Crippen LogP contribution is -2.58. The molecule has 0 aliphatic carbocycles. The molecule has 0 radical (unpaired) electrons. The lowest BCUT2D eigenvalue weighted by atomic mass is 9.81. The molecule has 2 aliphatic heterocycles. The van der Waals surface area contributed by atoms with E-state index in [2.05, 4.69) is 30.7 Å². The number of nitrogens with two attached hydrogens (primary N) is 1. The maximum absolute atomic E-state index is 6.03. The summed E-state index contributed by atoms with van der Waals surface area (Å²) >= 11 is 0. The second-order valence-electron chi connectivity index (χ2n) is 6.42. The van der Waals surface area contributed by atoms with Crippen molar-refractivity contribution in [2.75, 3.05) is 46.4 Å². The summed E-state index contributed by atoms with van der Waals surface area (Å²) in [6, 6.07) is 1.26. The number of nitrogens with zero attached hydrogens (tertiary/aromatic N) is 2. The molecule has 3 atom stereocenters. The summed E-state index contributed by atoms with van der Waals surface area (Å²) in [6.45, 7) is 10.6. The van der Waals surface area contributed by atoms with Crippen molar-refractivity contribution < 1.29 is 4.74 Å². The Bertz CT molecular complexity index is 254. The zero-order chi connectivity index (χ0) is 13.2. The van der Waals surface area contributed by atoms with Gasteiger partial charge in [0.15, 0.2) is 0 Å². The fourth-order valence-electron chi connectivity index (χ4n) is 3.38. The largest absolute Gasteiger partial charge is 0.381 e. The molecule has 2 N–H and O–H groups in total. The van der Waals surface area contributed by atoms with E-state index in [0.29, 0.717) is 12.1 Å². The lowest BCUT2D eigenvalue weighted by molar-refractivity contribution is -0.0392. The van der Waals surface area contributed by atoms with E-state index in [1.165, 1.54) is 6.42 Å². The van der Waals surface area contributed by atoms with Gasteiger partial charge in [-0.25, -0.2) is 0 Å². The molecular weight excluding hydrogens is 226 g/mol. The molecule has 3 unspecified atom stereocenters. The van der Waals surface area contributed by atoms with E-state index in [4.69, 9.17) is 10.5 Å². The zero-order valence-electron chi connectivity index (χ0n) is 12.2. The Morgan fingerprint density at radius 3 is 2.44 bits per heavy atom. The normalized spacial score (nSPS) is 40.0. The molecule has 0 saturated carbocycles. The highest BCUT2D eigenvalue weighted by molar-refractivity contribution is 4.90. The predicted molar refractivity (Wildman–Crippen MR) is 74.7 cm³/mol. The van der Waals surface area contributed by atoms with Crippen LogP contribution >= 0.6 is 0 Å². The third kappa shape index (κ3) is 3.05. The molecule has 0 spiro atoms. The highest BCUT2D eigenvalue weighted by Crippen LogP contribution is 2.29. The van der Waals surface area contributed by atoms with Crippen molar-refractivity contribution >= 4 is 0 Å². The van der Waals surface area contributed by atoms with Crippen LogP contribution in [0.1, 0.15) is 26.7 Å². The molecule has 2 aliphatic rings. The van der Waals surface area contributed by atoms with Crippen LogP contribution in [0.25, 0.3) is 0 Å². The Kier molecular flexibility index (Phi) is 4.64. The van der Waals surface area contributed by atoms with Crippen molar-refractivity contribution in [3.05, 3.63) is 0 Å². The first-order valence-electron chi connectivity index (χ1n) is 7.28. The van der Waals surface area contributed by atoms with Crippen molar-refractivity contribution in [3.63, 3.8) is 0 Å². The molecular formula is C14H29N3O. The summed E-state index contributed by atoms with van der Waals surface area (Å²) < 4.78 is 5.68. The van der Waals surface area contributed by atoms with Gasteiger partial charge in [-0.1, -0.05) is 0 Å². The second kappa shape index (κ2) is 5.87. The Morgan fingerprint density at radius 1 is 1.28 bits per heavy atom. The standard InChI is InChI=1S/C14H29N3O/c1-12-7-17(8-13(2)16(12)3)10-14(9-15)5-4-6-18-11-14/h12-13H,4-11,15H2,1-3H3. The Labute approximate surface area is 111 Å². The predicted octanol–water partition coefficient (Wildman–Crippen LogP) is 0.766. The van der Waals surface area contributed by atoms with Crippen LogP contribution in [0.15, 0.2) is 0 Å². The molecule has 0 amide bonds. The van der Waals surface area contributed by atoms with Crippen molar-refractivity contribution in [3.8, 4) is 0 Å². The van der Waals surface area contributed by atoms with Crippen LogP contribution in [0.2, 0.25) is 0 Å². The molecule has 2 rings (SSSR count). The smallest absolute Gasteiger partial charge is 0.0546 e. The molecule has 0 aromatic rings. The van der Waals surface area contributed by atoms with Crippen LogP contribution in [0.4, 0.5) is 0 Å². The van der Waals surface area contributed by atoms with Gasteiger partial charge < -0.3 is 10.5 Å². The van der Waals surface area contributed by atoms with Crippen molar-refractivity contribution in [2.45, 2.75) is 38.8 Å². The zero-order valence-corrected chi connectivity index (χ0v) is 12.2. The van der Waals surface area contributed by atoms with E-state index in [0.717, 1.165) is 45.8 Å². The summed E-state index contributed by atoms with van der Waals surface area (Å²) in [5.41, 5.74) is 6.24. The van der Waals surface area contributed by atoms with E-state index in [9.17, 15) is 0 Å². The van der Waals surface area contributed by atoms with Gasteiger partial charge in [-0.2, -0.15) is 0 Å². The lowest BCUT2D eigenvalue weighted by Gasteiger charge is -2.47. The van der Waals surface area contributed by atoms with E-state index in [1.807, 2.05) is 0 Å². The van der Waals surface area contributed by atoms with E-state index >= 15 is 0 Å². The van der Waals surface area contributed by atoms with Crippen LogP contribution < -0.4 is 5.73 Å². The third-order valence-corrected chi connectivity index (χ3v) is 4.83. The maximum atomic E-state index is 6.03. The fourth-order valence-corrected chi connectivity index (χ4v) is 3.38. The minimum Gasteiger partial charge on any atom is -0.381 e. The molecule has 0 aromatic heterocycles. The molecule has 0 bridgehead atoms. The van der Waals surface area contributed by atoms with Crippen LogP contribution in [0.5, 0.6) is 0 Å². The summed E-state index contributed by atoms with van der Waals surface area (Å²) in [5.74, 6) is 0. The molecule has 0 aromatic carbocycles. The maximum Gasteiger partial charge on any atom is 0.0546 e.